The monoisotopic (exact) mass is 444 g/mol. The summed E-state index contributed by atoms with van der Waals surface area (Å²) in [5.41, 5.74) is -0.885. The van der Waals surface area contributed by atoms with Gasteiger partial charge in [0.2, 0.25) is 10.0 Å². The van der Waals surface area contributed by atoms with Gasteiger partial charge in [0.05, 0.1) is 23.7 Å². The number of nitrogens with one attached hydrogen (secondary N) is 1. The van der Waals surface area contributed by atoms with Crippen molar-refractivity contribution in [3.8, 4) is 5.75 Å². The van der Waals surface area contributed by atoms with E-state index < -0.39 is 34.3 Å². The largest absolute Gasteiger partial charge is 0.484 e. The minimum absolute atomic E-state index is 0.00891. The third-order valence-corrected chi connectivity index (χ3v) is 6.19. The Morgan fingerprint density at radius 1 is 1.10 bits per heavy atom. The lowest BCUT2D eigenvalue weighted by Crippen LogP contribution is -2.40. The van der Waals surface area contributed by atoms with Crippen LogP contribution in [0.4, 0.5) is 18.9 Å². The van der Waals surface area contributed by atoms with Gasteiger partial charge in [-0.05, 0) is 42.5 Å². The minimum atomic E-state index is -4.51. The highest BCUT2D eigenvalue weighted by atomic mass is 32.2. The number of hydrogen-bond donors (Lipinski definition) is 1. The van der Waals surface area contributed by atoms with E-state index in [1.54, 1.807) is 0 Å². The third-order valence-electron chi connectivity index (χ3n) is 4.28. The SMILES string of the molecule is O=C(COc1ccc(S(=O)(=O)N2CCOCC2)cc1)Nc1cccc(C(F)(F)F)c1. The number of rotatable bonds is 6. The van der Waals surface area contributed by atoms with E-state index in [9.17, 15) is 26.4 Å². The van der Waals surface area contributed by atoms with E-state index in [1.165, 1.54) is 40.7 Å². The molecule has 1 saturated heterocycles. The van der Waals surface area contributed by atoms with Gasteiger partial charge in [-0.15, -0.1) is 0 Å². The number of hydrogen-bond acceptors (Lipinski definition) is 5. The lowest BCUT2D eigenvalue weighted by Gasteiger charge is -2.26. The van der Waals surface area contributed by atoms with Crippen LogP contribution in [0.1, 0.15) is 5.56 Å². The van der Waals surface area contributed by atoms with Gasteiger partial charge in [-0.25, -0.2) is 8.42 Å². The number of amides is 1. The Bertz CT molecular complexity index is 988. The summed E-state index contributed by atoms with van der Waals surface area (Å²) in [6.07, 6.45) is -4.51. The molecule has 1 aliphatic heterocycles. The fourth-order valence-electron chi connectivity index (χ4n) is 2.76. The molecular weight excluding hydrogens is 425 g/mol. The molecule has 11 heteroatoms. The summed E-state index contributed by atoms with van der Waals surface area (Å²) >= 11 is 0. The van der Waals surface area contributed by atoms with Gasteiger partial charge >= 0.3 is 6.18 Å². The Morgan fingerprint density at radius 3 is 2.40 bits per heavy atom. The zero-order valence-corrected chi connectivity index (χ0v) is 16.5. The van der Waals surface area contributed by atoms with E-state index in [4.69, 9.17) is 9.47 Å². The zero-order chi connectivity index (χ0) is 21.8. The number of halogens is 3. The molecule has 0 spiro atoms. The van der Waals surface area contributed by atoms with Crippen molar-refractivity contribution in [3.05, 3.63) is 54.1 Å². The fraction of sp³-hybridized carbons (Fsp3) is 0.316. The zero-order valence-electron chi connectivity index (χ0n) is 15.7. The van der Waals surface area contributed by atoms with Gasteiger partial charge in [0.1, 0.15) is 5.75 Å². The van der Waals surface area contributed by atoms with Crippen molar-refractivity contribution in [3.63, 3.8) is 0 Å². The van der Waals surface area contributed by atoms with Crippen LogP contribution in [0, 0.1) is 0 Å². The van der Waals surface area contributed by atoms with Crippen molar-refractivity contribution in [2.45, 2.75) is 11.1 Å². The number of nitrogens with zero attached hydrogens (tertiary/aromatic N) is 1. The summed E-state index contributed by atoms with van der Waals surface area (Å²) < 4.78 is 75.0. The Morgan fingerprint density at radius 2 is 1.77 bits per heavy atom. The molecule has 0 atom stereocenters. The molecular formula is C19H19F3N2O5S. The number of alkyl halides is 3. The predicted molar refractivity (Wildman–Crippen MR) is 102 cm³/mol. The lowest BCUT2D eigenvalue weighted by molar-refractivity contribution is -0.137. The number of anilines is 1. The van der Waals surface area contributed by atoms with Gasteiger partial charge in [0, 0.05) is 18.8 Å². The quantitative estimate of drug-likeness (QED) is 0.741. The highest BCUT2D eigenvalue weighted by molar-refractivity contribution is 7.89. The number of carbonyl (C=O) groups is 1. The third kappa shape index (κ3) is 5.49. The van der Waals surface area contributed by atoms with Crippen LogP contribution < -0.4 is 10.1 Å². The van der Waals surface area contributed by atoms with Gasteiger partial charge in [-0.3, -0.25) is 4.79 Å². The number of sulfonamides is 1. The molecule has 0 aliphatic carbocycles. The molecule has 1 heterocycles. The number of morpholine rings is 1. The molecule has 2 aromatic rings. The molecule has 30 heavy (non-hydrogen) atoms. The van der Waals surface area contributed by atoms with E-state index in [0.717, 1.165) is 12.1 Å². The Balaban J connectivity index is 1.57. The predicted octanol–water partition coefficient (Wildman–Crippen LogP) is 2.74. The van der Waals surface area contributed by atoms with Crippen molar-refractivity contribution >= 4 is 21.6 Å². The van der Waals surface area contributed by atoms with E-state index >= 15 is 0 Å². The molecule has 0 unspecified atom stereocenters. The second-order valence-corrected chi connectivity index (χ2v) is 8.34. The Labute approximate surface area is 171 Å². The maximum atomic E-state index is 12.7. The summed E-state index contributed by atoms with van der Waals surface area (Å²) in [4.78, 5) is 12.0. The van der Waals surface area contributed by atoms with Crippen molar-refractivity contribution < 1.29 is 35.9 Å². The van der Waals surface area contributed by atoms with Crippen molar-refractivity contribution in [2.75, 3.05) is 38.2 Å². The Hall–Kier alpha value is -2.63. The first-order valence-corrected chi connectivity index (χ1v) is 10.4. The van der Waals surface area contributed by atoms with Crippen LogP contribution in [0.3, 0.4) is 0 Å². The topological polar surface area (TPSA) is 84.9 Å². The molecule has 1 amide bonds. The van der Waals surface area contributed by atoms with E-state index in [0.29, 0.717) is 13.2 Å². The van der Waals surface area contributed by atoms with Crippen LogP contribution in [0.25, 0.3) is 0 Å². The first kappa shape index (κ1) is 22.1. The van der Waals surface area contributed by atoms with Crippen LogP contribution in [-0.2, 0) is 25.7 Å². The number of benzene rings is 2. The van der Waals surface area contributed by atoms with Crippen molar-refractivity contribution in [1.29, 1.82) is 0 Å². The first-order valence-electron chi connectivity index (χ1n) is 8.94. The second kappa shape index (κ2) is 9.02. The highest BCUT2D eigenvalue weighted by Crippen LogP contribution is 2.30. The molecule has 7 nitrogen and oxygen atoms in total. The summed E-state index contributed by atoms with van der Waals surface area (Å²) in [6, 6.07) is 9.79. The first-order chi connectivity index (χ1) is 14.2. The molecule has 1 fully saturated rings. The van der Waals surface area contributed by atoms with Crippen LogP contribution in [0.2, 0.25) is 0 Å². The summed E-state index contributed by atoms with van der Waals surface area (Å²) in [7, 11) is -3.64. The molecule has 1 N–H and O–H groups in total. The molecule has 0 radical (unpaired) electrons. The normalized spacial score (nSPS) is 15.6. The molecule has 0 bridgehead atoms. The van der Waals surface area contributed by atoms with Gasteiger partial charge in [0.15, 0.2) is 6.61 Å². The van der Waals surface area contributed by atoms with Crippen molar-refractivity contribution in [2.24, 2.45) is 0 Å². The van der Waals surface area contributed by atoms with Crippen LogP contribution in [-0.4, -0.2) is 51.5 Å². The minimum Gasteiger partial charge on any atom is -0.484 e. The van der Waals surface area contributed by atoms with Crippen LogP contribution in [0.15, 0.2) is 53.4 Å². The average Bonchev–Trinajstić information content (AvgIpc) is 2.73. The lowest BCUT2D eigenvalue weighted by atomic mass is 10.2. The number of carbonyl (C=O) groups excluding carboxylic acids is 1. The summed E-state index contributed by atoms with van der Waals surface area (Å²) in [5.74, 6) is -0.408. The van der Waals surface area contributed by atoms with Crippen LogP contribution >= 0.6 is 0 Å². The molecule has 162 valence electrons. The van der Waals surface area contributed by atoms with Gasteiger partial charge in [0.25, 0.3) is 5.91 Å². The van der Waals surface area contributed by atoms with E-state index in [2.05, 4.69) is 5.32 Å². The standard InChI is InChI=1S/C19H19F3N2O5S/c20-19(21,22)14-2-1-3-15(12-14)23-18(25)13-29-16-4-6-17(7-5-16)30(26,27)24-8-10-28-11-9-24/h1-7,12H,8-11,13H2,(H,23,25). The van der Waals surface area contributed by atoms with E-state index in [1.807, 2.05) is 0 Å². The maximum absolute atomic E-state index is 12.7. The molecule has 3 rings (SSSR count). The molecule has 0 saturated carbocycles. The summed E-state index contributed by atoms with van der Waals surface area (Å²) in [5, 5.41) is 2.32. The maximum Gasteiger partial charge on any atom is 0.416 e. The molecule has 1 aliphatic rings. The van der Waals surface area contributed by atoms with Crippen LogP contribution in [0.5, 0.6) is 5.75 Å². The Kier molecular flexibility index (Phi) is 6.64. The number of ether oxygens (including phenoxy) is 2. The van der Waals surface area contributed by atoms with Gasteiger partial charge in [-0.1, -0.05) is 6.07 Å². The van der Waals surface area contributed by atoms with Gasteiger partial charge in [-0.2, -0.15) is 17.5 Å². The smallest absolute Gasteiger partial charge is 0.416 e. The molecule has 0 aromatic heterocycles. The second-order valence-electron chi connectivity index (χ2n) is 6.40. The molecule has 2 aromatic carbocycles. The van der Waals surface area contributed by atoms with E-state index in [-0.39, 0.29) is 29.4 Å². The highest BCUT2D eigenvalue weighted by Gasteiger charge is 2.30. The summed E-state index contributed by atoms with van der Waals surface area (Å²) in [6.45, 7) is 0.765. The fourth-order valence-corrected chi connectivity index (χ4v) is 4.17. The van der Waals surface area contributed by atoms with Gasteiger partial charge < -0.3 is 14.8 Å². The average molecular weight is 444 g/mol. The van der Waals surface area contributed by atoms with Crippen molar-refractivity contribution in [1.82, 2.24) is 4.31 Å².